The van der Waals surface area contributed by atoms with Gasteiger partial charge < -0.3 is 10.8 Å². The molecule has 0 fully saturated rings. The molecule has 0 aliphatic heterocycles. The van der Waals surface area contributed by atoms with Crippen molar-refractivity contribution < 1.29 is 5.11 Å². The minimum Gasteiger partial charge on any atom is -0.507 e. The Hall–Kier alpha value is -0.980. The summed E-state index contributed by atoms with van der Waals surface area (Å²) in [4.78, 5) is 0. The summed E-state index contributed by atoms with van der Waals surface area (Å²) in [5.41, 5.74) is 6.05. The van der Waals surface area contributed by atoms with E-state index in [1.165, 1.54) is 0 Å². The van der Waals surface area contributed by atoms with Crippen LogP contribution in [0.1, 0.15) is 5.56 Å². The lowest BCUT2D eigenvalue weighted by molar-refractivity contribution is 0.472. The molecule has 62 valence electrons. The molecule has 1 aromatic carbocycles. The number of phenols is 1. The van der Waals surface area contributed by atoms with E-state index >= 15 is 0 Å². The van der Waals surface area contributed by atoms with Crippen molar-refractivity contribution in [2.24, 2.45) is 5.73 Å². The third kappa shape index (κ3) is 2.26. The number of halogens is 1. The monoisotopic (exact) mass is 225 g/mol. The van der Waals surface area contributed by atoms with Gasteiger partial charge in [0.1, 0.15) is 5.75 Å². The lowest BCUT2D eigenvalue weighted by atomic mass is 10.2. The zero-order chi connectivity index (χ0) is 8.97. The summed E-state index contributed by atoms with van der Waals surface area (Å²) in [7, 11) is 0. The first kappa shape index (κ1) is 9.11. The average molecular weight is 226 g/mol. The maximum absolute atomic E-state index is 9.15. The van der Waals surface area contributed by atoms with Crippen molar-refractivity contribution >= 4 is 15.9 Å². The molecule has 3 heteroatoms. The van der Waals surface area contributed by atoms with E-state index in [9.17, 15) is 0 Å². The Labute approximate surface area is 79.5 Å². The molecule has 0 radical (unpaired) electrons. The Morgan fingerprint density at radius 3 is 2.83 bits per heavy atom. The molecule has 3 N–H and O–H groups in total. The first-order chi connectivity index (χ1) is 5.74. The highest BCUT2D eigenvalue weighted by Gasteiger charge is 1.95. The predicted molar refractivity (Wildman–Crippen MR) is 51.7 cm³/mol. The van der Waals surface area contributed by atoms with Gasteiger partial charge in [-0.25, -0.2) is 0 Å². The molecule has 1 aromatic rings. The van der Waals surface area contributed by atoms with Crippen molar-refractivity contribution in [1.82, 2.24) is 0 Å². The van der Waals surface area contributed by atoms with Crippen LogP contribution in [0.3, 0.4) is 0 Å². The Kier molecular flexibility index (Phi) is 3.15. The van der Waals surface area contributed by atoms with Crippen LogP contribution in [0.15, 0.2) is 22.7 Å². The van der Waals surface area contributed by atoms with E-state index < -0.39 is 0 Å². The van der Waals surface area contributed by atoms with Gasteiger partial charge in [0.25, 0.3) is 0 Å². The number of hydrogen-bond acceptors (Lipinski definition) is 2. The van der Waals surface area contributed by atoms with Gasteiger partial charge in [-0.1, -0.05) is 11.8 Å². The fraction of sp³-hybridized carbons (Fsp3) is 0.111. The number of hydrogen-bond donors (Lipinski definition) is 2. The molecule has 0 aliphatic rings. The van der Waals surface area contributed by atoms with Gasteiger partial charge in [-0.05, 0) is 34.1 Å². The largest absolute Gasteiger partial charge is 0.507 e. The van der Waals surface area contributed by atoms with Crippen LogP contribution in [-0.4, -0.2) is 11.7 Å². The van der Waals surface area contributed by atoms with Crippen LogP contribution >= 0.6 is 15.9 Å². The number of phenolic OH excluding ortho intramolecular Hbond substituents is 1. The zero-order valence-electron chi connectivity index (χ0n) is 6.34. The number of aromatic hydroxyl groups is 1. The molecule has 0 bridgehead atoms. The minimum atomic E-state index is 0.216. The van der Waals surface area contributed by atoms with E-state index in [0.717, 1.165) is 5.56 Å². The third-order valence-electron chi connectivity index (χ3n) is 1.28. The van der Waals surface area contributed by atoms with Gasteiger partial charge in [0.05, 0.1) is 11.0 Å². The Balaban J connectivity index is 2.97. The van der Waals surface area contributed by atoms with Gasteiger partial charge in [0, 0.05) is 5.56 Å². The quantitative estimate of drug-likeness (QED) is 0.658. The smallest absolute Gasteiger partial charge is 0.129 e. The Morgan fingerprint density at radius 2 is 2.25 bits per heavy atom. The lowest BCUT2D eigenvalue weighted by Gasteiger charge is -1.95. The summed E-state index contributed by atoms with van der Waals surface area (Å²) in [5, 5.41) is 9.15. The van der Waals surface area contributed by atoms with Crippen LogP contribution < -0.4 is 5.73 Å². The van der Waals surface area contributed by atoms with E-state index in [1.807, 2.05) is 0 Å². The first-order valence-electron chi connectivity index (χ1n) is 3.41. The van der Waals surface area contributed by atoms with E-state index in [1.54, 1.807) is 18.2 Å². The second-order valence-corrected chi connectivity index (χ2v) is 3.03. The molecule has 0 aromatic heterocycles. The normalized spacial score (nSPS) is 8.83. The van der Waals surface area contributed by atoms with Crippen LogP contribution in [0.5, 0.6) is 5.75 Å². The minimum absolute atomic E-state index is 0.216. The van der Waals surface area contributed by atoms with Gasteiger partial charge in [0.2, 0.25) is 0 Å². The molecule has 0 saturated heterocycles. The highest BCUT2D eigenvalue weighted by atomic mass is 79.9. The molecule has 0 aliphatic carbocycles. The van der Waals surface area contributed by atoms with Crippen molar-refractivity contribution in [3.63, 3.8) is 0 Å². The average Bonchev–Trinajstić information content (AvgIpc) is 2.07. The van der Waals surface area contributed by atoms with Gasteiger partial charge in [-0.2, -0.15) is 0 Å². The maximum Gasteiger partial charge on any atom is 0.129 e. The molecule has 0 unspecified atom stereocenters. The van der Waals surface area contributed by atoms with E-state index in [0.29, 0.717) is 11.0 Å². The van der Waals surface area contributed by atoms with Gasteiger partial charge in [-0.3, -0.25) is 0 Å². The van der Waals surface area contributed by atoms with Crippen LogP contribution in [0, 0.1) is 11.8 Å². The van der Waals surface area contributed by atoms with E-state index in [-0.39, 0.29) is 5.75 Å². The summed E-state index contributed by atoms with van der Waals surface area (Å²) in [6.45, 7) is 0.346. The molecular weight excluding hydrogens is 218 g/mol. The molecule has 2 nitrogen and oxygen atoms in total. The molecule has 1 rings (SSSR count). The Morgan fingerprint density at radius 1 is 1.50 bits per heavy atom. The first-order valence-corrected chi connectivity index (χ1v) is 4.21. The van der Waals surface area contributed by atoms with Crippen molar-refractivity contribution in [3.8, 4) is 17.6 Å². The third-order valence-corrected chi connectivity index (χ3v) is 1.92. The van der Waals surface area contributed by atoms with Gasteiger partial charge in [0.15, 0.2) is 0 Å². The topological polar surface area (TPSA) is 46.2 Å². The number of benzene rings is 1. The fourth-order valence-corrected chi connectivity index (χ4v) is 1.12. The molecule has 0 amide bonds. The molecule has 0 atom stereocenters. The van der Waals surface area contributed by atoms with Crippen LogP contribution in [0.2, 0.25) is 0 Å². The summed E-state index contributed by atoms with van der Waals surface area (Å²) >= 11 is 3.19. The standard InChI is InChI=1S/C9H8BrNO/c10-8-6-7(2-1-5-11)3-4-9(8)12/h3-4,6,12H,5,11H2. The second-order valence-electron chi connectivity index (χ2n) is 2.17. The van der Waals surface area contributed by atoms with Crippen LogP contribution in [0.4, 0.5) is 0 Å². The van der Waals surface area contributed by atoms with Crippen molar-refractivity contribution in [3.05, 3.63) is 28.2 Å². The highest BCUT2D eigenvalue weighted by Crippen LogP contribution is 2.23. The van der Waals surface area contributed by atoms with Crippen molar-refractivity contribution in [1.29, 1.82) is 0 Å². The predicted octanol–water partition coefficient (Wildman–Crippen LogP) is 1.46. The molecular formula is C9H8BrNO. The van der Waals surface area contributed by atoms with Crippen molar-refractivity contribution in [2.75, 3.05) is 6.54 Å². The van der Waals surface area contributed by atoms with Crippen LogP contribution in [0.25, 0.3) is 0 Å². The highest BCUT2D eigenvalue weighted by molar-refractivity contribution is 9.10. The summed E-state index contributed by atoms with van der Waals surface area (Å²) in [6, 6.07) is 5.07. The number of rotatable bonds is 0. The fourth-order valence-electron chi connectivity index (χ4n) is 0.738. The van der Waals surface area contributed by atoms with Crippen LogP contribution in [-0.2, 0) is 0 Å². The molecule has 0 heterocycles. The molecule has 0 saturated carbocycles. The van der Waals surface area contributed by atoms with E-state index in [4.69, 9.17) is 10.8 Å². The van der Waals surface area contributed by atoms with Crippen molar-refractivity contribution in [2.45, 2.75) is 0 Å². The molecule has 0 spiro atoms. The summed E-state index contributed by atoms with van der Waals surface area (Å²) in [5.74, 6) is 5.80. The second kappa shape index (κ2) is 4.15. The molecule has 12 heavy (non-hydrogen) atoms. The van der Waals surface area contributed by atoms with Gasteiger partial charge in [-0.15, -0.1) is 0 Å². The summed E-state index contributed by atoms with van der Waals surface area (Å²) in [6.07, 6.45) is 0. The lowest BCUT2D eigenvalue weighted by Crippen LogP contribution is -1.92. The maximum atomic E-state index is 9.15. The zero-order valence-corrected chi connectivity index (χ0v) is 7.93. The van der Waals surface area contributed by atoms with Gasteiger partial charge >= 0.3 is 0 Å². The number of nitrogens with two attached hydrogens (primary N) is 1. The Bertz CT molecular complexity index is 338. The summed E-state index contributed by atoms with van der Waals surface area (Å²) < 4.78 is 0.645. The SMILES string of the molecule is NCC#Cc1ccc(O)c(Br)c1. The van der Waals surface area contributed by atoms with E-state index in [2.05, 4.69) is 27.8 Å².